The Balaban J connectivity index is 2.51. The number of aryl methyl sites for hydroxylation is 1. The summed E-state index contributed by atoms with van der Waals surface area (Å²) in [5.74, 6) is -0.605. The van der Waals surface area contributed by atoms with Crippen LogP contribution >= 0.6 is 0 Å². The van der Waals surface area contributed by atoms with Gasteiger partial charge in [-0.3, -0.25) is 4.31 Å². The van der Waals surface area contributed by atoms with Crippen molar-refractivity contribution in [3.63, 3.8) is 0 Å². The number of nitriles is 1. The first-order chi connectivity index (χ1) is 12.9. The molecule has 0 fully saturated rings. The maximum absolute atomic E-state index is 13.3. The van der Waals surface area contributed by atoms with Gasteiger partial charge < -0.3 is 4.74 Å². The molecule has 7 heteroatoms. The third-order valence-corrected chi connectivity index (χ3v) is 5.91. The summed E-state index contributed by atoms with van der Waals surface area (Å²) in [5, 5.41) is 8.72. The Morgan fingerprint density at radius 1 is 1.11 bits per heavy atom. The summed E-state index contributed by atoms with van der Waals surface area (Å²) in [4.78, 5) is 12.3. The van der Waals surface area contributed by atoms with E-state index in [1.54, 1.807) is 42.5 Å². The van der Waals surface area contributed by atoms with Gasteiger partial charge in [0, 0.05) is 13.0 Å². The normalized spacial score (nSPS) is 10.9. The van der Waals surface area contributed by atoms with Crippen LogP contribution in [0.5, 0.6) is 0 Å². The van der Waals surface area contributed by atoms with E-state index in [-0.39, 0.29) is 22.7 Å². The van der Waals surface area contributed by atoms with Gasteiger partial charge in [-0.25, -0.2) is 13.2 Å². The lowest BCUT2D eigenvalue weighted by atomic mass is 10.1. The molecule has 142 valence electrons. The number of methoxy groups -OCH3 is 1. The third-order valence-electron chi connectivity index (χ3n) is 4.09. The molecule has 0 N–H and O–H groups in total. The van der Waals surface area contributed by atoms with E-state index < -0.39 is 16.0 Å². The van der Waals surface area contributed by atoms with Crippen LogP contribution in [0.3, 0.4) is 0 Å². The van der Waals surface area contributed by atoms with Gasteiger partial charge in [0.1, 0.15) is 0 Å². The fourth-order valence-electron chi connectivity index (χ4n) is 2.64. The molecule has 0 heterocycles. The van der Waals surface area contributed by atoms with Crippen molar-refractivity contribution >= 4 is 21.7 Å². The van der Waals surface area contributed by atoms with Crippen molar-refractivity contribution in [2.24, 2.45) is 0 Å². The molecule has 0 atom stereocenters. The van der Waals surface area contributed by atoms with Gasteiger partial charge in [0.25, 0.3) is 10.0 Å². The number of anilines is 1. The second-order valence-corrected chi connectivity index (χ2v) is 7.88. The number of para-hydroxylation sites is 1. The lowest BCUT2D eigenvalue weighted by molar-refractivity contribution is 0.0601. The highest BCUT2D eigenvalue weighted by Crippen LogP contribution is 2.28. The number of nitrogens with zero attached hydrogens (tertiary/aromatic N) is 2. The molecule has 0 aliphatic heterocycles. The number of carbonyl (C=O) groups is 1. The van der Waals surface area contributed by atoms with Crippen molar-refractivity contribution < 1.29 is 17.9 Å². The molecule has 0 saturated heterocycles. The van der Waals surface area contributed by atoms with Gasteiger partial charge in [-0.2, -0.15) is 5.26 Å². The largest absolute Gasteiger partial charge is 0.465 e. The molecule has 0 radical (unpaired) electrons. The van der Waals surface area contributed by atoms with Gasteiger partial charge in [0.05, 0.1) is 29.3 Å². The van der Waals surface area contributed by atoms with E-state index >= 15 is 0 Å². The molecule has 0 unspecified atom stereocenters. The highest BCUT2D eigenvalue weighted by molar-refractivity contribution is 7.92. The summed E-state index contributed by atoms with van der Waals surface area (Å²) in [6.07, 6.45) is 1.40. The highest BCUT2D eigenvalue weighted by atomic mass is 32.2. The molecule has 2 rings (SSSR count). The quantitative estimate of drug-likeness (QED) is 0.510. The van der Waals surface area contributed by atoms with Gasteiger partial charge >= 0.3 is 5.97 Å². The molecule has 0 aliphatic rings. The number of benzene rings is 2. The van der Waals surface area contributed by atoms with Crippen molar-refractivity contribution in [2.45, 2.75) is 31.1 Å². The van der Waals surface area contributed by atoms with E-state index in [4.69, 9.17) is 10.00 Å². The van der Waals surface area contributed by atoms with Crippen LogP contribution in [0.4, 0.5) is 5.69 Å². The first-order valence-electron chi connectivity index (χ1n) is 8.55. The van der Waals surface area contributed by atoms with Crippen molar-refractivity contribution in [1.82, 2.24) is 0 Å². The van der Waals surface area contributed by atoms with Crippen LogP contribution in [0.1, 0.15) is 35.2 Å². The standard InChI is InChI=1S/C20H22N2O4S/c1-16-10-12-17(13-11-16)27(24,25)22(15-7-3-6-14-21)19-9-5-4-8-18(19)20(23)26-2/h4-5,8-13H,3,6-7,15H2,1-2H3. The molecule has 6 nitrogen and oxygen atoms in total. The average Bonchev–Trinajstić information content (AvgIpc) is 2.67. The Kier molecular flexibility index (Phi) is 6.97. The monoisotopic (exact) mass is 386 g/mol. The fourth-order valence-corrected chi connectivity index (χ4v) is 4.16. The van der Waals surface area contributed by atoms with Crippen molar-refractivity contribution in [1.29, 1.82) is 5.26 Å². The summed E-state index contributed by atoms with van der Waals surface area (Å²) in [5.41, 5.74) is 1.39. The number of hydrogen-bond donors (Lipinski definition) is 0. The van der Waals surface area contributed by atoms with E-state index in [1.807, 2.05) is 6.92 Å². The number of hydrogen-bond acceptors (Lipinski definition) is 5. The van der Waals surface area contributed by atoms with Crippen LogP contribution in [0.2, 0.25) is 0 Å². The van der Waals surface area contributed by atoms with E-state index in [0.717, 1.165) is 5.56 Å². The summed E-state index contributed by atoms with van der Waals surface area (Å²) in [6.45, 7) is 2.04. The van der Waals surface area contributed by atoms with Gasteiger partial charge in [-0.1, -0.05) is 29.8 Å². The van der Waals surface area contributed by atoms with Gasteiger partial charge in [0.15, 0.2) is 0 Å². The zero-order chi connectivity index (χ0) is 19.9. The Bertz CT molecular complexity index is 931. The zero-order valence-corrected chi connectivity index (χ0v) is 16.2. The molecular weight excluding hydrogens is 364 g/mol. The molecule has 2 aromatic rings. The van der Waals surface area contributed by atoms with Gasteiger partial charge in [-0.05, 0) is 44.0 Å². The smallest absolute Gasteiger partial charge is 0.340 e. The Morgan fingerprint density at radius 2 is 1.78 bits per heavy atom. The summed E-state index contributed by atoms with van der Waals surface area (Å²) < 4.78 is 32.6. The van der Waals surface area contributed by atoms with E-state index in [1.165, 1.54) is 17.5 Å². The first kappa shape index (κ1) is 20.5. The van der Waals surface area contributed by atoms with E-state index in [9.17, 15) is 13.2 Å². The zero-order valence-electron chi connectivity index (χ0n) is 15.4. The molecule has 0 aliphatic carbocycles. The summed E-state index contributed by atoms with van der Waals surface area (Å²) in [7, 11) is -2.62. The average molecular weight is 386 g/mol. The number of rotatable bonds is 8. The Hall–Kier alpha value is -2.85. The fraction of sp³-hybridized carbons (Fsp3) is 0.300. The molecule has 0 spiro atoms. The lowest BCUT2D eigenvalue weighted by Crippen LogP contribution is -2.33. The van der Waals surface area contributed by atoms with Crippen molar-refractivity contribution in [3.05, 3.63) is 59.7 Å². The number of unbranched alkanes of at least 4 members (excludes halogenated alkanes) is 2. The van der Waals surface area contributed by atoms with Crippen LogP contribution < -0.4 is 4.31 Å². The molecular formula is C20H22N2O4S. The van der Waals surface area contributed by atoms with Crippen LogP contribution in [0, 0.1) is 18.3 Å². The van der Waals surface area contributed by atoms with Crippen molar-refractivity contribution in [3.8, 4) is 6.07 Å². The predicted octanol–water partition coefficient (Wildman–Crippen LogP) is 3.67. The molecule has 0 bridgehead atoms. The number of sulfonamides is 1. The number of esters is 1. The van der Waals surface area contributed by atoms with Gasteiger partial charge in [0.2, 0.25) is 0 Å². The maximum Gasteiger partial charge on any atom is 0.340 e. The van der Waals surface area contributed by atoms with Crippen LogP contribution in [-0.2, 0) is 14.8 Å². The minimum Gasteiger partial charge on any atom is -0.465 e. The van der Waals surface area contributed by atoms with Gasteiger partial charge in [-0.15, -0.1) is 0 Å². The molecule has 0 saturated carbocycles. The van der Waals surface area contributed by atoms with Crippen LogP contribution in [0.15, 0.2) is 53.4 Å². The third kappa shape index (κ3) is 4.86. The molecule has 2 aromatic carbocycles. The van der Waals surface area contributed by atoms with E-state index in [0.29, 0.717) is 19.3 Å². The Labute approximate surface area is 160 Å². The molecule has 0 amide bonds. The summed E-state index contributed by atoms with van der Waals surface area (Å²) >= 11 is 0. The summed E-state index contributed by atoms with van der Waals surface area (Å²) in [6, 6.07) is 15.1. The van der Waals surface area contributed by atoms with Crippen LogP contribution in [0.25, 0.3) is 0 Å². The number of ether oxygens (including phenoxy) is 1. The predicted molar refractivity (Wildman–Crippen MR) is 103 cm³/mol. The first-order valence-corrected chi connectivity index (χ1v) is 9.99. The second-order valence-electron chi connectivity index (χ2n) is 6.01. The lowest BCUT2D eigenvalue weighted by Gasteiger charge is -2.26. The van der Waals surface area contributed by atoms with E-state index in [2.05, 4.69) is 6.07 Å². The maximum atomic E-state index is 13.3. The second kappa shape index (κ2) is 9.19. The minimum absolute atomic E-state index is 0.146. The Morgan fingerprint density at radius 3 is 2.41 bits per heavy atom. The number of carbonyl (C=O) groups excluding carboxylic acids is 1. The van der Waals surface area contributed by atoms with Crippen molar-refractivity contribution in [2.75, 3.05) is 18.0 Å². The highest BCUT2D eigenvalue weighted by Gasteiger charge is 2.28. The topological polar surface area (TPSA) is 87.5 Å². The van der Waals surface area contributed by atoms with Crippen LogP contribution in [-0.4, -0.2) is 28.0 Å². The minimum atomic E-state index is -3.88. The molecule has 0 aromatic heterocycles. The SMILES string of the molecule is COC(=O)c1ccccc1N(CCCCC#N)S(=O)(=O)c1ccc(C)cc1. The molecule has 27 heavy (non-hydrogen) atoms.